The van der Waals surface area contributed by atoms with Crippen LogP contribution >= 0.6 is 0 Å². The Bertz CT molecular complexity index is 831. The molecule has 1 fully saturated rings. The Balaban J connectivity index is 1.57. The number of aromatic nitrogens is 4. The number of hydrogen-bond acceptors (Lipinski definition) is 4. The Labute approximate surface area is 142 Å². The largest absolute Gasteiger partial charge is 0.331 e. The van der Waals surface area contributed by atoms with E-state index in [9.17, 15) is 0 Å². The molecular weight excluding hydrogens is 298 g/mol. The summed E-state index contributed by atoms with van der Waals surface area (Å²) in [5, 5.41) is 0. The van der Waals surface area contributed by atoms with Gasteiger partial charge in [0.05, 0.1) is 12.5 Å². The second-order valence-corrected chi connectivity index (χ2v) is 6.65. The van der Waals surface area contributed by atoms with Crippen molar-refractivity contribution in [3.05, 3.63) is 42.4 Å². The van der Waals surface area contributed by atoms with E-state index in [1.165, 1.54) is 37.9 Å². The van der Waals surface area contributed by atoms with Gasteiger partial charge in [-0.05, 0) is 38.4 Å². The van der Waals surface area contributed by atoms with Gasteiger partial charge >= 0.3 is 0 Å². The molecule has 1 aromatic carbocycles. The van der Waals surface area contributed by atoms with E-state index in [0.717, 1.165) is 22.6 Å². The van der Waals surface area contributed by atoms with Gasteiger partial charge in [-0.1, -0.05) is 30.7 Å². The second kappa shape index (κ2) is 6.32. The summed E-state index contributed by atoms with van der Waals surface area (Å²) in [5.74, 6) is 0.735. The maximum Gasteiger partial charge on any atom is 0.181 e. The van der Waals surface area contributed by atoms with Gasteiger partial charge < -0.3 is 4.57 Å². The fraction of sp³-hybridized carbons (Fsp3) is 0.421. The predicted molar refractivity (Wildman–Crippen MR) is 95.6 cm³/mol. The maximum absolute atomic E-state index is 4.58. The van der Waals surface area contributed by atoms with Gasteiger partial charge in [0.1, 0.15) is 5.52 Å². The Kier molecular flexibility index (Phi) is 4.02. The molecule has 0 N–H and O–H groups in total. The topological polar surface area (TPSA) is 46.8 Å². The Morgan fingerprint density at radius 2 is 1.75 bits per heavy atom. The predicted octanol–water partition coefficient (Wildman–Crippen LogP) is 3.58. The van der Waals surface area contributed by atoms with E-state index < -0.39 is 0 Å². The van der Waals surface area contributed by atoms with Gasteiger partial charge in [0, 0.05) is 18.7 Å². The molecule has 2 aromatic heterocycles. The first-order chi connectivity index (χ1) is 11.7. The smallest absolute Gasteiger partial charge is 0.181 e. The molecule has 3 heterocycles. The van der Waals surface area contributed by atoms with E-state index in [0.29, 0.717) is 6.04 Å². The van der Waals surface area contributed by atoms with E-state index in [4.69, 9.17) is 0 Å². The lowest BCUT2D eigenvalue weighted by atomic mass is 10.0. The van der Waals surface area contributed by atoms with E-state index in [2.05, 4.69) is 51.0 Å². The molecular formula is C19H23N5. The molecule has 124 valence electrons. The molecule has 1 saturated heterocycles. The van der Waals surface area contributed by atoms with Crippen LogP contribution in [0.3, 0.4) is 0 Å². The number of likely N-dealkylation sites (tertiary alicyclic amines) is 1. The average molecular weight is 321 g/mol. The molecule has 4 rings (SSSR count). The van der Waals surface area contributed by atoms with Crippen molar-refractivity contribution in [2.45, 2.75) is 32.2 Å². The second-order valence-electron chi connectivity index (χ2n) is 6.65. The van der Waals surface area contributed by atoms with Crippen molar-refractivity contribution in [2.24, 2.45) is 7.05 Å². The van der Waals surface area contributed by atoms with Gasteiger partial charge in [0.25, 0.3) is 0 Å². The zero-order chi connectivity index (χ0) is 16.5. The highest BCUT2D eigenvalue weighted by Gasteiger charge is 2.18. The Hall–Kier alpha value is -2.27. The van der Waals surface area contributed by atoms with Crippen LogP contribution in [0.4, 0.5) is 0 Å². The van der Waals surface area contributed by atoms with Crippen molar-refractivity contribution in [1.29, 1.82) is 0 Å². The normalized spacial score (nSPS) is 17.2. The van der Waals surface area contributed by atoms with Crippen LogP contribution in [0.2, 0.25) is 0 Å². The lowest BCUT2D eigenvalue weighted by molar-refractivity contribution is 0.175. The van der Waals surface area contributed by atoms with Crippen molar-refractivity contribution >= 4 is 11.2 Å². The third kappa shape index (κ3) is 2.80. The summed E-state index contributed by atoms with van der Waals surface area (Å²) in [5.41, 5.74) is 4.10. The Morgan fingerprint density at radius 1 is 1.00 bits per heavy atom. The van der Waals surface area contributed by atoms with Crippen molar-refractivity contribution in [3.63, 3.8) is 0 Å². The number of imidazole rings is 1. The van der Waals surface area contributed by atoms with Crippen molar-refractivity contribution < 1.29 is 0 Å². The lowest BCUT2D eigenvalue weighted by Gasteiger charge is -2.32. The minimum atomic E-state index is 0.471. The van der Waals surface area contributed by atoms with E-state index in [1.54, 1.807) is 6.33 Å². The van der Waals surface area contributed by atoms with Gasteiger partial charge in [-0.15, -0.1) is 0 Å². The number of rotatable bonds is 3. The first-order valence-electron chi connectivity index (χ1n) is 8.71. The molecule has 1 unspecified atom stereocenters. The van der Waals surface area contributed by atoms with E-state index >= 15 is 0 Å². The zero-order valence-electron chi connectivity index (χ0n) is 14.3. The van der Waals surface area contributed by atoms with Crippen LogP contribution in [-0.2, 0) is 7.05 Å². The summed E-state index contributed by atoms with van der Waals surface area (Å²) in [7, 11) is 1.95. The molecule has 0 saturated carbocycles. The molecule has 1 aliphatic heterocycles. The highest BCUT2D eigenvalue weighted by molar-refractivity contribution is 5.72. The number of aryl methyl sites for hydroxylation is 1. The number of fused-ring (bicyclic) bond motifs is 1. The SMILES string of the molecule is CC(c1ccc(-c2ncc3c(ncn3C)n2)cc1)N1CCCCC1. The fourth-order valence-corrected chi connectivity index (χ4v) is 3.48. The van der Waals surface area contributed by atoms with Gasteiger partial charge in [0.2, 0.25) is 0 Å². The monoisotopic (exact) mass is 321 g/mol. The van der Waals surface area contributed by atoms with Crippen LogP contribution in [0.5, 0.6) is 0 Å². The minimum absolute atomic E-state index is 0.471. The van der Waals surface area contributed by atoms with E-state index in [1.807, 2.05) is 17.8 Å². The van der Waals surface area contributed by atoms with Crippen molar-refractivity contribution in [1.82, 2.24) is 24.4 Å². The van der Waals surface area contributed by atoms with Crippen LogP contribution in [0.1, 0.15) is 37.8 Å². The molecule has 3 aromatic rings. The fourth-order valence-electron chi connectivity index (χ4n) is 3.48. The molecule has 1 aliphatic rings. The van der Waals surface area contributed by atoms with Gasteiger partial charge in [-0.25, -0.2) is 15.0 Å². The molecule has 24 heavy (non-hydrogen) atoms. The molecule has 1 atom stereocenters. The molecule has 5 heteroatoms. The molecule has 0 spiro atoms. The van der Waals surface area contributed by atoms with Crippen molar-refractivity contribution in [2.75, 3.05) is 13.1 Å². The molecule has 0 radical (unpaired) electrons. The first-order valence-corrected chi connectivity index (χ1v) is 8.71. The molecule has 0 bridgehead atoms. The summed E-state index contributed by atoms with van der Waals surface area (Å²) in [4.78, 5) is 16.0. The summed E-state index contributed by atoms with van der Waals surface area (Å²) < 4.78 is 1.93. The molecule has 0 aliphatic carbocycles. The number of piperidine rings is 1. The summed E-state index contributed by atoms with van der Waals surface area (Å²) >= 11 is 0. The first kappa shape index (κ1) is 15.3. The zero-order valence-corrected chi connectivity index (χ0v) is 14.3. The highest BCUT2D eigenvalue weighted by atomic mass is 15.2. The molecule has 0 amide bonds. The highest BCUT2D eigenvalue weighted by Crippen LogP contribution is 2.26. The summed E-state index contributed by atoms with van der Waals surface area (Å²) in [6.45, 7) is 4.72. The van der Waals surface area contributed by atoms with Crippen LogP contribution in [0.25, 0.3) is 22.6 Å². The van der Waals surface area contributed by atoms with Gasteiger partial charge in [0.15, 0.2) is 11.5 Å². The van der Waals surface area contributed by atoms with Crippen LogP contribution in [0, 0.1) is 0 Å². The van der Waals surface area contributed by atoms with Gasteiger partial charge in [-0.2, -0.15) is 0 Å². The number of nitrogens with zero attached hydrogens (tertiary/aromatic N) is 5. The molecule has 5 nitrogen and oxygen atoms in total. The third-order valence-electron chi connectivity index (χ3n) is 5.07. The lowest BCUT2D eigenvalue weighted by Crippen LogP contribution is -2.32. The standard InChI is InChI=1S/C19H23N5/c1-14(24-10-4-3-5-11-24)15-6-8-16(9-7-15)18-20-12-17-19(22-18)21-13-23(17)2/h6-9,12-14H,3-5,10-11H2,1-2H3. The third-order valence-corrected chi connectivity index (χ3v) is 5.07. The van der Waals surface area contributed by atoms with Crippen molar-refractivity contribution in [3.8, 4) is 11.4 Å². The summed E-state index contributed by atoms with van der Waals surface area (Å²) in [6, 6.07) is 9.14. The number of benzene rings is 1. The average Bonchev–Trinajstić information content (AvgIpc) is 3.02. The van der Waals surface area contributed by atoms with Crippen LogP contribution in [-0.4, -0.2) is 37.5 Å². The Morgan fingerprint density at radius 3 is 2.50 bits per heavy atom. The van der Waals surface area contributed by atoms with Crippen LogP contribution in [0.15, 0.2) is 36.8 Å². The number of hydrogen-bond donors (Lipinski definition) is 0. The quantitative estimate of drug-likeness (QED) is 0.740. The maximum atomic E-state index is 4.58. The summed E-state index contributed by atoms with van der Waals surface area (Å²) in [6.07, 6.45) is 7.62. The van der Waals surface area contributed by atoms with E-state index in [-0.39, 0.29) is 0 Å². The minimum Gasteiger partial charge on any atom is -0.331 e. The van der Waals surface area contributed by atoms with Crippen LogP contribution < -0.4 is 0 Å². The van der Waals surface area contributed by atoms with Gasteiger partial charge in [-0.3, -0.25) is 4.90 Å².